The smallest absolute Gasteiger partial charge is 0.462 e. The van der Waals surface area contributed by atoms with Gasteiger partial charge in [-0.25, -0.2) is 19.2 Å². The van der Waals surface area contributed by atoms with Crippen LogP contribution in [-0.4, -0.2) is 48.7 Å². The Morgan fingerprint density at radius 1 is 0.508 bits per heavy atom. The summed E-state index contributed by atoms with van der Waals surface area (Å²) < 4.78 is 30.6. The first kappa shape index (κ1) is 50.8. The Kier molecular flexibility index (Phi) is 24.6. The molecule has 2 aliphatic heterocycles. The Morgan fingerprint density at radius 2 is 0.869 bits per heavy atom. The fourth-order valence-corrected chi connectivity index (χ4v) is 7.31. The number of unbranched alkanes of at least 4 members (excludes halogenated alkanes) is 12. The van der Waals surface area contributed by atoms with E-state index < -0.39 is 23.5 Å². The number of hydrogen-bond donors (Lipinski definition) is 0. The van der Waals surface area contributed by atoms with Crippen molar-refractivity contribution in [3.05, 3.63) is 96.6 Å². The van der Waals surface area contributed by atoms with E-state index in [0.717, 1.165) is 69.6 Å². The van der Waals surface area contributed by atoms with Gasteiger partial charge in [0.15, 0.2) is 22.7 Å². The third kappa shape index (κ3) is 23.3. The second-order valence-corrected chi connectivity index (χ2v) is 17.1. The molecule has 61 heavy (non-hydrogen) atoms. The molecule has 0 aromatic rings. The van der Waals surface area contributed by atoms with Gasteiger partial charge in [0.1, 0.15) is 0 Å². The molecule has 0 radical (unpaired) electrons. The highest BCUT2D eigenvalue weighted by Gasteiger charge is 2.39. The molecule has 2 unspecified atom stereocenters. The minimum Gasteiger partial charge on any atom is -0.462 e. The van der Waals surface area contributed by atoms with Gasteiger partial charge < -0.3 is 28.4 Å². The number of rotatable bonds is 30. The molecule has 338 valence electrons. The molecule has 0 N–H and O–H groups in total. The molecular formula is C51H74O10. The number of ether oxygens (including phenoxy) is 6. The first-order valence-corrected chi connectivity index (χ1v) is 23.0. The number of hydrogen-bond acceptors (Lipinski definition) is 10. The van der Waals surface area contributed by atoms with Crippen molar-refractivity contribution < 1.29 is 47.6 Å². The molecule has 0 aromatic carbocycles. The van der Waals surface area contributed by atoms with Gasteiger partial charge in [-0.05, 0) is 148 Å². The van der Waals surface area contributed by atoms with Gasteiger partial charge in [0.2, 0.25) is 0 Å². The van der Waals surface area contributed by atoms with E-state index in [4.69, 9.17) is 28.4 Å². The van der Waals surface area contributed by atoms with E-state index in [9.17, 15) is 19.2 Å². The van der Waals surface area contributed by atoms with E-state index in [1.54, 1.807) is 39.8 Å². The lowest BCUT2D eigenvalue weighted by molar-refractivity contribution is -0.138. The van der Waals surface area contributed by atoms with Crippen LogP contribution in [0.1, 0.15) is 163 Å². The predicted octanol–water partition coefficient (Wildman–Crippen LogP) is 13.5. The molecular weight excluding hydrogens is 773 g/mol. The second-order valence-electron chi connectivity index (χ2n) is 17.1. The summed E-state index contributed by atoms with van der Waals surface area (Å²) in [6.45, 7) is 7.45. The maximum atomic E-state index is 11.9. The van der Waals surface area contributed by atoms with Gasteiger partial charge in [-0.3, -0.25) is 0 Å². The van der Waals surface area contributed by atoms with Crippen LogP contribution in [0.4, 0.5) is 9.59 Å². The van der Waals surface area contributed by atoms with E-state index in [-0.39, 0.29) is 25.2 Å². The Bertz CT molecular complexity index is 1590. The topological polar surface area (TPSA) is 124 Å². The van der Waals surface area contributed by atoms with Crippen molar-refractivity contribution in [1.82, 2.24) is 0 Å². The first-order valence-electron chi connectivity index (χ1n) is 23.0. The molecule has 0 spiro atoms. The van der Waals surface area contributed by atoms with Crippen LogP contribution in [0.2, 0.25) is 0 Å². The molecule has 0 amide bonds. The molecule has 3 aliphatic rings. The third-order valence-corrected chi connectivity index (χ3v) is 10.8. The maximum absolute atomic E-state index is 11.9. The molecule has 1 saturated carbocycles. The Labute approximate surface area is 366 Å². The average molecular weight is 847 g/mol. The molecule has 2 saturated heterocycles. The summed E-state index contributed by atoms with van der Waals surface area (Å²) in [5.41, 5.74) is -1.56. The van der Waals surface area contributed by atoms with Crippen molar-refractivity contribution in [2.75, 3.05) is 13.2 Å². The number of carbonyl (C=O) groups excluding carboxylic acids is 4. The van der Waals surface area contributed by atoms with Gasteiger partial charge in [0.25, 0.3) is 0 Å². The minimum atomic E-state index is -0.782. The normalized spacial score (nSPS) is 21.2. The van der Waals surface area contributed by atoms with Crippen LogP contribution in [0.15, 0.2) is 96.6 Å². The summed E-state index contributed by atoms with van der Waals surface area (Å²) in [7, 11) is 0. The standard InChI is InChI=1S/C51H74O10/c1-50(2)44(58-48(54)60-50)33-29-39-56-46(52)35-27-23-19-15-11-7-5-9-13-17-21-25-31-42-37-38-43(41-42)32-26-22-18-14-10-6-8-12-16-20-24-28-36-47(53)57-40-30-34-45-51(3,4)61-49(55)59-45/h9,12-13,16,25-28,31-36,42-43H,5-8,10-11,14-15,17-24,29-30,37-41H2,1-4H3/b13-9+,16-12+,31-25+,32-26+,35-27+,36-28+,44-33-,45-34-. The first-order chi connectivity index (χ1) is 29.4. The van der Waals surface area contributed by atoms with Crippen molar-refractivity contribution in [2.45, 2.75) is 174 Å². The van der Waals surface area contributed by atoms with Crippen molar-refractivity contribution in [3.8, 4) is 0 Å². The molecule has 10 nitrogen and oxygen atoms in total. The van der Waals surface area contributed by atoms with Crippen molar-refractivity contribution in [2.24, 2.45) is 11.8 Å². The lowest BCUT2D eigenvalue weighted by Crippen LogP contribution is -2.20. The van der Waals surface area contributed by atoms with Gasteiger partial charge in [-0.2, -0.15) is 0 Å². The van der Waals surface area contributed by atoms with E-state index >= 15 is 0 Å². The number of carbonyl (C=O) groups is 4. The highest BCUT2D eigenvalue weighted by Crippen LogP contribution is 2.33. The fourth-order valence-electron chi connectivity index (χ4n) is 7.31. The van der Waals surface area contributed by atoms with Crippen LogP contribution in [0, 0.1) is 11.8 Å². The van der Waals surface area contributed by atoms with Crippen LogP contribution in [0.3, 0.4) is 0 Å². The lowest BCUT2D eigenvalue weighted by atomic mass is 10.0. The van der Waals surface area contributed by atoms with E-state index in [2.05, 4.69) is 48.6 Å². The zero-order valence-corrected chi connectivity index (χ0v) is 37.6. The number of esters is 2. The molecule has 3 fully saturated rings. The van der Waals surface area contributed by atoms with Crippen LogP contribution < -0.4 is 0 Å². The zero-order valence-electron chi connectivity index (χ0n) is 37.6. The monoisotopic (exact) mass is 847 g/mol. The van der Waals surface area contributed by atoms with Crippen LogP contribution in [-0.2, 0) is 38.0 Å². The summed E-state index contributed by atoms with van der Waals surface area (Å²) in [6, 6.07) is 0. The minimum absolute atomic E-state index is 0.217. The Balaban J connectivity index is 1.04. The van der Waals surface area contributed by atoms with Gasteiger partial charge in [-0.1, -0.05) is 86.4 Å². The molecule has 3 rings (SSSR count). The van der Waals surface area contributed by atoms with Crippen LogP contribution >= 0.6 is 0 Å². The van der Waals surface area contributed by atoms with Gasteiger partial charge in [0, 0.05) is 25.0 Å². The SMILES string of the molecule is CC1(C)OC(=O)O/C1=C\CCOC(=O)/C=C/CC/C=C/CCCCCC/C=C/C1CCC(/C=C/CC/C=C/CCCCCC/C=C/C(=O)OCC/C=C2\OC(=O)OC2(C)C)C1. The van der Waals surface area contributed by atoms with Gasteiger partial charge in [-0.15, -0.1) is 0 Å². The summed E-state index contributed by atoms with van der Waals surface area (Å²) in [4.78, 5) is 46.3. The summed E-state index contributed by atoms with van der Waals surface area (Å²) >= 11 is 0. The molecule has 0 aromatic heterocycles. The van der Waals surface area contributed by atoms with Crippen LogP contribution in [0.25, 0.3) is 0 Å². The van der Waals surface area contributed by atoms with Crippen molar-refractivity contribution >= 4 is 24.2 Å². The maximum Gasteiger partial charge on any atom is 0.514 e. The fraction of sp³-hybridized carbons (Fsp3) is 0.608. The highest BCUT2D eigenvalue weighted by molar-refractivity contribution is 5.82. The molecule has 1 aliphatic carbocycles. The van der Waals surface area contributed by atoms with E-state index in [1.807, 2.05) is 12.2 Å². The Morgan fingerprint density at radius 3 is 1.31 bits per heavy atom. The molecule has 0 bridgehead atoms. The zero-order chi connectivity index (χ0) is 44.0. The predicted molar refractivity (Wildman–Crippen MR) is 240 cm³/mol. The highest BCUT2D eigenvalue weighted by atomic mass is 16.8. The number of allylic oxidation sites excluding steroid dienone is 10. The Hall–Kier alpha value is -4.60. The molecule has 10 heteroatoms. The average Bonchev–Trinajstić information content (AvgIpc) is 3.86. The quantitative estimate of drug-likeness (QED) is 0.0227. The van der Waals surface area contributed by atoms with Gasteiger partial charge >= 0.3 is 24.2 Å². The summed E-state index contributed by atoms with van der Waals surface area (Å²) in [5, 5.41) is 0. The molecule has 2 atom stereocenters. The largest absolute Gasteiger partial charge is 0.514 e. The van der Waals surface area contributed by atoms with E-state index in [0.29, 0.717) is 24.4 Å². The summed E-state index contributed by atoms with van der Waals surface area (Å²) in [6.07, 6.45) is 50.3. The van der Waals surface area contributed by atoms with Crippen LogP contribution in [0.5, 0.6) is 0 Å². The number of cyclic esters (lactones) is 4. The summed E-state index contributed by atoms with van der Waals surface area (Å²) in [5.74, 6) is 1.65. The van der Waals surface area contributed by atoms with Crippen molar-refractivity contribution in [3.63, 3.8) is 0 Å². The lowest BCUT2D eigenvalue weighted by Gasteiger charge is -2.13. The molecule has 2 heterocycles. The van der Waals surface area contributed by atoms with E-state index in [1.165, 1.54) is 76.4 Å². The van der Waals surface area contributed by atoms with Gasteiger partial charge in [0.05, 0.1) is 13.2 Å². The third-order valence-electron chi connectivity index (χ3n) is 10.8. The second kappa shape index (κ2) is 29.6. The van der Waals surface area contributed by atoms with Crippen molar-refractivity contribution in [1.29, 1.82) is 0 Å².